The molecule has 0 aliphatic rings. The van der Waals surface area contributed by atoms with Crippen LogP contribution in [0.3, 0.4) is 0 Å². The first kappa shape index (κ1) is 16.1. The highest BCUT2D eigenvalue weighted by molar-refractivity contribution is 7.73. The molecule has 24 heavy (non-hydrogen) atoms. The van der Waals surface area contributed by atoms with Crippen LogP contribution in [0.4, 0.5) is 5.69 Å². The largest absolute Gasteiger partial charge is 0.497 e. The molecule has 1 aromatic heterocycles. The van der Waals surface area contributed by atoms with Gasteiger partial charge >= 0.3 is 0 Å². The monoisotopic (exact) mass is 344 g/mol. The third-order valence-corrected chi connectivity index (χ3v) is 3.97. The van der Waals surface area contributed by atoms with Crippen LogP contribution in [-0.4, -0.2) is 20.5 Å². The van der Waals surface area contributed by atoms with E-state index in [1.807, 2.05) is 25.1 Å². The molecule has 2 aromatic carbocycles. The summed E-state index contributed by atoms with van der Waals surface area (Å²) in [4.78, 5) is 4.32. The summed E-state index contributed by atoms with van der Waals surface area (Å²) in [5, 5.41) is 0.863. The average Bonchev–Trinajstić information content (AvgIpc) is 2.56. The van der Waals surface area contributed by atoms with Gasteiger partial charge in [-0.1, -0.05) is 0 Å². The molecule has 6 nitrogen and oxygen atoms in total. The Labute approximate surface area is 141 Å². The average molecular weight is 344 g/mol. The number of ether oxygens (including phenoxy) is 2. The predicted molar refractivity (Wildman–Crippen MR) is 93.5 cm³/mol. The maximum Gasteiger partial charge on any atom is 0.222 e. The van der Waals surface area contributed by atoms with Crippen LogP contribution in [0.25, 0.3) is 10.9 Å². The van der Waals surface area contributed by atoms with Crippen molar-refractivity contribution in [3.05, 3.63) is 54.2 Å². The lowest BCUT2D eigenvalue weighted by Crippen LogP contribution is -1.96. The fourth-order valence-corrected chi connectivity index (χ4v) is 2.72. The van der Waals surface area contributed by atoms with Crippen LogP contribution in [0.5, 0.6) is 17.2 Å². The third kappa shape index (κ3) is 3.41. The second kappa shape index (κ2) is 6.76. The molecule has 0 bridgehead atoms. The molecular formula is C17H16N2O4S. The second-order valence-corrected chi connectivity index (χ2v) is 5.88. The van der Waals surface area contributed by atoms with Gasteiger partial charge < -0.3 is 9.47 Å². The second-order valence-electron chi connectivity index (χ2n) is 5.14. The quantitative estimate of drug-likeness (QED) is 0.695. The normalized spacial score (nSPS) is 10.8. The van der Waals surface area contributed by atoms with Gasteiger partial charge in [0, 0.05) is 23.3 Å². The lowest BCUT2D eigenvalue weighted by Gasteiger charge is -2.12. The highest BCUT2D eigenvalue weighted by atomic mass is 32.2. The number of hydrogen-bond acceptors (Lipinski definition) is 5. The fourth-order valence-electron chi connectivity index (χ4n) is 2.37. The molecule has 0 unspecified atom stereocenters. The summed E-state index contributed by atoms with van der Waals surface area (Å²) in [5.74, 6) is 2.04. The van der Waals surface area contributed by atoms with Crippen LogP contribution < -0.4 is 14.2 Å². The van der Waals surface area contributed by atoms with E-state index in [9.17, 15) is 8.42 Å². The molecule has 0 radical (unpaired) electrons. The smallest absolute Gasteiger partial charge is 0.222 e. The van der Waals surface area contributed by atoms with E-state index in [1.54, 1.807) is 37.6 Å². The van der Waals surface area contributed by atoms with E-state index >= 15 is 0 Å². The van der Waals surface area contributed by atoms with Gasteiger partial charge in [-0.25, -0.2) is 8.42 Å². The molecule has 124 valence electrons. The van der Waals surface area contributed by atoms with E-state index in [0.29, 0.717) is 17.2 Å². The van der Waals surface area contributed by atoms with E-state index in [0.717, 1.165) is 22.2 Å². The van der Waals surface area contributed by atoms with E-state index < -0.39 is 10.9 Å². The van der Waals surface area contributed by atoms with Gasteiger partial charge in [-0.3, -0.25) is 9.71 Å². The summed E-state index contributed by atoms with van der Waals surface area (Å²) >= 11 is 0. The predicted octanol–water partition coefficient (Wildman–Crippen LogP) is 3.28. The minimum Gasteiger partial charge on any atom is -0.497 e. The van der Waals surface area contributed by atoms with E-state index in [1.165, 1.54) is 0 Å². The summed E-state index contributed by atoms with van der Waals surface area (Å²) in [6.45, 7) is 1.85. The Morgan fingerprint density at radius 1 is 1.04 bits per heavy atom. The number of methoxy groups -OCH3 is 1. The number of aromatic nitrogens is 1. The highest BCUT2D eigenvalue weighted by Gasteiger charge is 2.08. The molecule has 7 heteroatoms. The van der Waals surface area contributed by atoms with Gasteiger partial charge in [0.15, 0.2) is 0 Å². The molecule has 1 N–H and O–H groups in total. The summed E-state index contributed by atoms with van der Waals surface area (Å²) in [5.41, 5.74) is 2.08. The van der Waals surface area contributed by atoms with Gasteiger partial charge in [0.25, 0.3) is 0 Å². The number of rotatable bonds is 5. The number of aryl methyl sites for hydroxylation is 1. The maximum absolute atomic E-state index is 10.7. The first-order chi connectivity index (χ1) is 11.6. The molecule has 3 rings (SSSR count). The Morgan fingerprint density at radius 3 is 2.58 bits per heavy atom. The van der Waals surface area contributed by atoms with Crippen molar-refractivity contribution in [1.82, 2.24) is 4.98 Å². The highest BCUT2D eigenvalue weighted by Crippen LogP contribution is 2.33. The Bertz CT molecular complexity index is 962. The maximum atomic E-state index is 10.7. The van der Waals surface area contributed by atoms with Crippen molar-refractivity contribution in [3.63, 3.8) is 0 Å². The first-order valence-electron chi connectivity index (χ1n) is 7.19. The lowest BCUT2D eigenvalue weighted by atomic mass is 10.2. The van der Waals surface area contributed by atoms with E-state index in [2.05, 4.69) is 9.71 Å². The number of benzene rings is 2. The molecule has 0 fully saturated rings. The minimum atomic E-state index is -2.69. The van der Waals surface area contributed by atoms with Gasteiger partial charge in [0.05, 0.1) is 12.6 Å². The van der Waals surface area contributed by atoms with Crippen LogP contribution >= 0.6 is 0 Å². The molecule has 1 heterocycles. The first-order valence-corrected chi connectivity index (χ1v) is 8.37. The van der Waals surface area contributed by atoms with Crippen LogP contribution in [0, 0.1) is 6.92 Å². The molecule has 0 saturated carbocycles. The standard InChI is InChI=1S/C17H16N2O4S/c1-11-9-12(19-24(20)21)3-6-16(11)23-17-7-8-18-15-10-13(22-2)4-5-14(15)17/h3-10,24H,1-2H3,(H,19,20,21). The van der Waals surface area contributed by atoms with Crippen LogP contribution in [0.1, 0.15) is 5.56 Å². The fraction of sp³-hybridized carbons (Fsp3) is 0.118. The SMILES string of the molecule is COc1ccc2c(Oc3ccc(N[SH](=O)=O)cc3C)ccnc2c1. The zero-order valence-corrected chi connectivity index (χ0v) is 14.0. The summed E-state index contributed by atoms with van der Waals surface area (Å²) in [6.07, 6.45) is 1.67. The van der Waals surface area contributed by atoms with Gasteiger partial charge in [0.1, 0.15) is 17.2 Å². The summed E-state index contributed by atoms with van der Waals surface area (Å²) < 4.78 is 35.0. The van der Waals surface area contributed by atoms with E-state index in [4.69, 9.17) is 9.47 Å². The molecule has 0 atom stereocenters. The van der Waals surface area contributed by atoms with Crippen molar-refractivity contribution in [2.45, 2.75) is 6.92 Å². The van der Waals surface area contributed by atoms with Crippen molar-refractivity contribution in [2.75, 3.05) is 11.8 Å². The number of nitrogens with one attached hydrogen (secondary N) is 1. The van der Waals surface area contributed by atoms with Crippen molar-refractivity contribution in [2.24, 2.45) is 0 Å². The number of fused-ring (bicyclic) bond motifs is 1. The lowest BCUT2D eigenvalue weighted by molar-refractivity contribution is 0.415. The van der Waals surface area contributed by atoms with Crippen LogP contribution in [-0.2, 0) is 10.9 Å². The van der Waals surface area contributed by atoms with E-state index in [-0.39, 0.29) is 0 Å². The van der Waals surface area contributed by atoms with Gasteiger partial charge in [0.2, 0.25) is 10.9 Å². The number of nitrogens with zero attached hydrogens (tertiary/aromatic N) is 1. The van der Waals surface area contributed by atoms with Crippen LogP contribution in [0.15, 0.2) is 48.7 Å². The van der Waals surface area contributed by atoms with Crippen molar-refractivity contribution in [1.29, 1.82) is 0 Å². The molecule has 0 aliphatic heterocycles. The number of thiol groups is 1. The van der Waals surface area contributed by atoms with Gasteiger partial charge in [-0.05, 0) is 48.9 Å². The van der Waals surface area contributed by atoms with Crippen LogP contribution in [0.2, 0.25) is 0 Å². The zero-order valence-electron chi connectivity index (χ0n) is 13.1. The minimum absolute atomic E-state index is 0.500. The Hall–Kier alpha value is -2.80. The molecule has 0 amide bonds. The molecular weight excluding hydrogens is 328 g/mol. The van der Waals surface area contributed by atoms with Gasteiger partial charge in [-0.2, -0.15) is 0 Å². The Balaban J connectivity index is 1.95. The zero-order chi connectivity index (χ0) is 17.1. The number of hydrogen-bond donors (Lipinski definition) is 2. The summed E-state index contributed by atoms with van der Waals surface area (Å²) in [7, 11) is -1.08. The topological polar surface area (TPSA) is 77.5 Å². The molecule has 3 aromatic rings. The third-order valence-electron chi connectivity index (χ3n) is 3.53. The van der Waals surface area contributed by atoms with Crippen molar-refractivity contribution < 1.29 is 17.9 Å². The van der Waals surface area contributed by atoms with Crippen molar-refractivity contribution in [3.8, 4) is 17.2 Å². The molecule has 0 aliphatic carbocycles. The van der Waals surface area contributed by atoms with Gasteiger partial charge in [-0.15, -0.1) is 0 Å². The number of anilines is 1. The summed E-state index contributed by atoms with van der Waals surface area (Å²) in [6, 6.07) is 12.5. The Kier molecular flexibility index (Phi) is 4.52. The molecule has 0 spiro atoms. The number of pyridine rings is 1. The Morgan fingerprint density at radius 2 is 1.88 bits per heavy atom. The molecule has 0 saturated heterocycles. The van der Waals surface area contributed by atoms with Crippen molar-refractivity contribution >= 4 is 27.5 Å².